The van der Waals surface area contributed by atoms with Gasteiger partial charge in [0.1, 0.15) is 11.1 Å². The quantitative estimate of drug-likeness (QED) is 0.493. The molecular weight excluding hydrogens is 475 g/mol. The molecular formula is C28H25FN4O2S. The lowest BCUT2D eigenvalue weighted by molar-refractivity contribution is -0.121. The number of hydrogen-bond acceptors (Lipinski definition) is 5. The number of aliphatic imine (C=N–C) groups is 1. The molecule has 6 nitrogen and oxygen atoms in total. The first kappa shape index (κ1) is 23.9. The minimum absolute atomic E-state index is 0.0649. The van der Waals surface area contributed by atoms with E-state index in [-0.39, 0.29) is 24.3 Å². The minimum atomic E-state index is -0.661. The second-order valence-electron chi connectivity index (χ2n) is 8.99. The summed E-state index contributed by atoms with van der Waals surface area (Å²) in [6.45, 7) is 4.08. The van der Waals surface area contributed by atoms with Crippen LogP contribution >= 0.6 is 11.8 Å². The maximum atomic E-state index is 13.4. The highest BCUT2D eigenvalue weighted by Gasteiger charge is 2.39. The van der Waals surface area contributed by atoms with Gasteiger partial charge in [0.05, 0.1) is 11.8 Å². The van der Waals surface area contributed by atoms with Crippen molar-refractivity contribution in [3.05, 3.63) is 101 Å². The van der Waals surface area contributed by atoms with Crippen LogP contribution in [0.15, 0.2) is 82.9 Å². The normalized spacial score (nSPS) is 19.3. The van der Waals surface area contributed by atoms with Crippen molar-refractivity contribution in [1.29, 1.82) is 0 Å². The smallest absolute Gasteiger partial charge is 0.262 e. The molecule has 3 aromatic rings. The first-order valence-corrected chi connectivity index (χ1v) is 12.6. The third-order valence-electron chi connectivity index (χ3n) is 6.16. The Labute approximate surface area is 213 Å². The van der Waals surface area contributed by atoms with Gasteiger partial charge in [-0.2, -0.15) is 10.1 Å². The van der Waals surface area contributed by atoms with Gasteiger partial charge < -0.3 is 5.32 Å². The summed E-state index contributed by atoms with van der Waals surface area (Å²) in [4.78, 5) is 29.6. The standard InChI is InChI=1S/C28H25FN4O2S/c1-17-6-10-19(11-7-17)23-15-24(20-12-8-18(2)9-13-20)33(32-23)28-31-27(35)25(36-28)16-26(34)30-22-5-3-4-21(29)14-22/h3-14,24-25H,15-16H2,1-2H3,(H,30,34)/t24-,25+/m1/s1. The van der Waals surface area contributed by atoms with Crippen molar-refractivity contribution in [3.8, 4) is 0 Å². The van der Waals surface area contributed by atoms with Gasteiger partial charge in [-0.25, -0.2) is 9.40 Å². The van der Waals surface area contributed by atoms with E-state index in [4.69, 9.17) is 5.10 Å². The topological polar surface area (TPSA) is 74.1 Å². The fraction of sp³-hybridized carbons (Fsp3) is 0.214. The van der Waals surface area contributed by atoms with Crippen molar-refractivity contribution in [2.24, 2.45) is 10.1 Å². The highest BCUT2D eigenvalue weighted by atomic mass is 32.2. The molecule has 36 heavy (non-hydrogen) atoms. The van der Waals surface area contributed by atoms with E-state index in [2.05, 4.69) is 58.8 Å². The fourth-order valence-corrected chi connectivity index (χ4v) is 5.27. The molecule has 0 saturated carbocycles. The SMILES string of the molecule is Cc1ccc(C2=NN(C3=NC(=O)[C@H](CC(=O)Nc4cccc(F)c4)S3)[C@@H](c3ccc(C)cc3)C2)cc1. The predicted molar refractivity (Wildman–Crippen MR) is 142 cm³/mol. The van der Waals surface area contributed by atoms with E-state index in [0.29, 0.717) is 17.3 Å². The summed E-state index contributed by atoms with van der Waals surface area (Å²) in [5.41, 5.74) is 5.71. The predicted octanol–water partition coefficient (Wildman–Crippen LogP) is 5.62. The zero-order valence-corrected chi connectivity index (χ0v) is 20.8. The van der Waals surface area contributed by atoms with Crippen LogP contribution in [-0.2, 0) is 9.59 Å². The molecule has 2 aliphatic rings. The van der Waals surface area contributed by atoms with Crippen molar-refractivity contribution < 1.29 is 14.0 Å². The number of carbonyl (C=O) groups excluding carboxylic acids is 2. The summed E-state index contributed by atoms with van der Waals surface area (Å²) in [7, 11) is 0. The molecule has 0 spiro atoms. The summed E-state index contributed by atoms with van der Waals surface area (Å²) in [5.74, 6) is -1.18. The van der Waals surface area contributed by atoms with Gasteiger partial charge in [-0.3, -0.25) is 9.59 Å². The molecule has 0 saturated heterocycles. The number of hydrazone groups is 1. The molecule has 0 radical (unpaired) electrons. The zero-order chi connectivity index (χ0) is 25.2. The van der Waals surface area contributed by atoms with Crippen molar-refractivity contribution in [3.63, 3.8) is 0 Å². The van der Waals surface area contributed by atoms with E-state index in [1.165, 1.54) is 35.5 Å². The Kier molecular flexibility index (Phi) is 6.69. The second-order valence-corrected chi connectivity index (χ2v) is 10.2. The van der Waals surface area contributed by atoms with E-state index in [1.54, 1.807) is 6.07 Å². The first-order chi connectivity index (χ1) is 17.4. The highest BCUT2D eigenvalue weighted by molar-refractivity contribution is 8.15. The summed E-state index contributed by atoms with van der Waals surface area (Å²) in [6.07, 6.45) is 0.606. The molecule has 2 amide bonds. The summed E-state index contributed by atoms with van der Waals surface area (Å²) < 4.78 is 13.4. The largest absolute Gasteiger partial charge is 0.326 e. The van der Waals surface area contributed by atoms with Crippen molar-refractivity contribution >= 4 is 40.1 Å². The number of hydrogen-bond donors (Lipinski definition) is 1. The van der Waals surface area contributed by atoms with Crippen LogP contribution in [0, 0.1) is 19.7 Å². The average Bonchev–Trinajstić information content (AvgIpc) is 3.44. The third kappa shape index (κ3) is 5.23. The summed E-state index contributed by atoms with van der Waals surface area (Å²) >= 11 is 1.24. The van der Waals surface area contributed by atoms with Crippen LogP contribution in [-0.4, -0.2) is 33.0 Å². The number of amidine groups is 1. The number of thioether (sulfide) groups is 1. The van der Waals surface area contributed by atoms with Gasteiger partial charge in [0.25, 0.3) is 5.91 Å². The van der Waals surface area contributed by atoms with Crippen LogP contribution in [0.2, 0.25) is 0 Å². The monoisotopic (exact) mass is 500 g/mol. The van der Waals surface area contributed by atoms with Crippen LogP contribution < -0.4 is 5.32 Å². The zero-order valence-electron chi connectivity index (χ0n) is 19.9. The minimum Gasteiger partial charge on any atom is -0.326 e. The molecule has 3 aromatic carbocycles. The number of carbonyl (C=O) groups is 2. The molecule has 2 atom stereocenters. The van der Waals surface area contributed by atoms with E-state index in [1.807, 2.05) is 18.9 Å². The number of aryl methyl sites for hydroxylation is 2. The maximum absolute atomic E-state index is 13.4. The molecule has 8 heteroatoms. The van der Waals surface area contributed by atoms with Gasteiger partial charge >= 0.3 is 0 Å². The average molecular weight is 501 g/mol. The van der Waals surface area contributed by atoms with Crippen molar-refractivity contribution in [1.82, 2.24) is 5.01 Å². The number of amides is 2. The Hall–Kier alpha value is -3.78. The lowest BCUT2D eigenvalue weighted by Crippen LogP contribution is -2.25. The van der Waals surface area contributed by atoms with Gasteiger partial charge in [-0.05, 0) is 43.2 Å². The van der Waals surface area contributed by atoms with E-state index in [9.17, 15) is 14.0 Å². The Morgan fingerprint density at radius 3 is 2.44 bits per heavy atom. The molecule has 0 unspecified atom stereocenters. The lowest BCUT2D eigenvalue weighted by atomic mass is 9.97. The number of rotatable bonds is 5. The maximum Gasteiger partial charge on any atom is 0.262 e. The molecule has 182 valence electrons. The van der Waals surface area contributed by atoms with Crippen LogP contribution in [0.25, 0.3) is 0 Å². The molecule has 2 heterocycles. The number of nitrogens with zero attached hydrogens (tertiary/aromatic N) is 3. The number of benzene rings is 3. The van der Waals surface area contributed by atoms with Crippen LogP contribution in [0.1, 0.15) is 41.1 Å². The van der Waals surface area contributed by atoms with Gasteiger partial charge in [-0.1, -0.05) is 77.5 Å². The Bertz CT molecular complexity index is 1370. The molecule has 0 aliphatic carbocycles. The van der Waals surface area contributed by atoms with Gasteiger partial charge in [0.15, 0.2) is 5.17 Å². The molecule has 5 rings (SSSR count). The highest BCUT2D eigenvalue weighted by Crippen LogP contribution is 2.38. The van der Waals surface area contributed by atoms with Gasteiger partial charge in [0.2, 0.25) is 5.91 Å². The fourth-order valence-electron chi connectivity index (χ4n) is 4.21. The van der Waals surface area contributed by atoms with Gasteiger partial charge in [0, 0.05) is 18.5 Å². The van der Waals surface area contributed by atoms with Crippen LogP contribution in [0.5, 0.6) is 0 Å². The molecule has 0 fully saturated rings. The third-order valence-corrected chi connectivity index (χ3v) is 7.30. The molecule has 0 aromatic heterocycles. The van der Waals surface area contributed by atoms with Crippen molar-refractivity contribution in [2.75, 3.05) is 5.32 Å². The number of nitrogens with one attached hydrogen (secondary N) is 1. The number of anilines is 1. The Morgan fingerprint density at radius 2 is 1.75 bits per heavy atom. The van der Waals surface area contributed by atoms with Crippen LogP contribution in [0.3, 0.4) is 0 Å². The second kappa shape index (κ2) is 10.1. The van der Waals surface area contributed by atoms with E-state index < -0.39 is 11.1 Å². The number of halogens is 1. The molecule has 1 N–H and O–H groups in total. The van der Waals surface area contributed by atoms with E-state index in [0.717, 1.165) is 22.4 Å². The van der Waals surface area contributed by atoms with Crippen LogP contribution in [0.4, 0.5) is 10.1 Å². The molecule has 2 aliphatic heterocycles. The van der Waals surface area contributed by atoms with Gasteiger partial charge in [-0.15, -0.1) is 0 Å². The Balaban J connectivity index is 1.35. The molecule has 0 bridgehead atoms. The van der Waals surface area contributed by atoms with Crippen molar-refractivity contribution in [2.45, 2.75) is 38.0 Å². The summed E-state index contributed by atoms with van der Waals surface area (Å²) in [6, 6.07) is 22.0. The summed E-state index contributed by atoms with van der Waals surface area (Å²) in [5, 5.41) is 9.16. The Morgan fingerprint density at radius 1 is 1.06 bits per heavy atom. The van der Waals surface area contributed by atoms with E-state index >= 15 is 0 Å². The lowest BCUT2D eigenvalue weighted by Gasteiger charge is -2.23. The first-order valence-electron chi connectivity index (χ1n) is 11.7.